The minimum absolute atomic E-state index is 0.109. The third-order valence-corrected chi connectivity index (χ3v) is 3.30. The van der Waals surface area contributed by atoms with Crippen LogP contribution in [0.1, 0.15) is 26.0 Å². The summed E-state index contributed by atoms with van der Waals surface area (Å²) in [6.45, 7) is 5.37. The molecule has 0 aliphatic carbocycles. The van der Waals surface area contributed by atoms with Crippen molar-refractivity contribution in [1.29, 1.82) is 0 Å². The summed E-state index contributed by atoms with van der Waals surface area (Å²) >= 11 is 0. The molecule has 2 rings (SSSR count). The highest BCUT2D eigenvalue weighted by molar-refractivity contribution is 5.32. The molecule has 1 aliphatic rings. The third kappa shape index (κ3) is 3.15. The van der Waals surface area contributed by atoms with E-state index >= 15 is 0 Å². The molecule has 0 saturated carbocycles. The molecule has 4 nitrogen and oxygen atoms in total. The summed E-state index contributed by atoms with van der Waals surface area (Å²) in [6, 6.07) is 0.878. The normalized spacial score (nSPS) is 24.6. The maximum atomic E-state index is 12.6. The van der Waals surface area contributed by atoms with E-state index in [4.69, 9.17) is 4.74 Å². The zero-order valence-electron chi connectivity index (χ0n) is 10.9. The summed E-state index contributed by atoms with van der Waals surface area (Å²) in [4.78, 5) is 9.28. The fourth-order valence-corrected chi connectivity index (χ4v) is 1.97. The van der Waals surface area contributed by atoms with Crippen LogP contribution in [0, 0.1) is 0 Å². The van der Waals surface area contributed by atoms with Gasteiger partial charge in [-0.1, -0.05) is 6.92 Å². The van der Waals surface area contributed by atoms with E-state index in [1.165, 1.54) is 0 Å². The SMILES string of the molecule is CCC1(C)CN(c2nccc(C(F)(F)F)n2)CCO1. The molecular formula is C12H16F3N3O. The van der Waals surface area contributed by atoms with Crippen molar-refractivity contribution in [3.05, 3.63) is 18.0 Å². The Morgan fingerprint density at radius 3 is 2.84 bits per heavy atom. The Morgan fingerprint density at radius 2 is 2.21 bits per heavy atom. The molecule has 7 heteroatoms. The first-order valence-corrected chi connectivity index (χ1v) is 6.13. The van der Waals surface area contributed by atoms with E-state index in [9.17, 15) is 13.2 Å². The first-order valence-electron chi connectivity index (χ1n) is 6.13. The maximum absolute atomic E-state index is 12.6. The summed E-state index contributed by atoms with van der Waals surface area (Å²) in [7, 11) is 0. The van der Waals surface area contributed by atoms with Gasteiger partial charge < -0.3 is 9.64 Å². The van der Waals surface area contributed by atoms with Crippen LogP contribution >= 0.6 is 0 Å². The Morgan fingerprint density at radius 1 is 1.47 bits per heavy atom. The van der Waals surface area contributed by atoms with Gasteiger partial charge in [0.25, 0.3) is 0 Å². The van der Waals surface area contributed by atoms with Gasteiger partial charge in [0.2, 0.25) is 5.95 Å². The Kier molecular flexibility index (Phi) is 3.66. The highest BCUT2D eigenvalue weighted by Crippen LogP contribution is 2.29. The van der Waals surface area contributed by atoms with E-state index in [1.54, 1.807) is 4.90 Å². The Bertz CT molecular complexity index is 452. The van der Waals surface area contributed by atoms with Crippen molar-refractivity contribution in [2.24, 2.45) is 0 Å². The average Bonchev–Trinajstić information content (AvgIpc) is 2.38. The van der Waals surface area contributed by atoms with Crippen molar-refractivity contribution in [3.8, 4) is 0 Å². The van der Waals surface area contributed by atoms with Gasteiger partial charge in [-0.3, -0.25) is 0 Å². The van der Waals surface area contributed by atoms with E-state index < -0.39 is 11.9 Å². The summed E-state index contributed by atoms with van der Waals surface area (Å²) in [5.41, 5.74) is -1.28. The summed E-state index contributed by atoms with van der Waals surface area (Å²) < 4.78 is 43.5. The highest BCUT2D eigenvalue weighted by atomic mass is 19.4. The molecule has 0 amide bonds. The van der Waals surface area contributed by atoms with Crippen LogP contribution in [-0.4, -0.2) is 35.3 Å². The van der Waals surface area contributed by atoms with Gasteiger partial charge in [-0.15, -0.1) is 0 Å². The molecule has 0 radical (unpaired) electrons. The quantitative estimate of drug-likeness (QED) is 0.831. The van der Waals surface area contributed by atoms with Crippen molar-refractivity contribution in [1.82, 2.24) is 9.97 Å². The molecule has 0 spiro atoms. The number of nitrogens with zero attached hydrogens (tertiary/aromatic N) is 3. The molecule has 1 aromatic heterocycles. The molecule has 1 aromatic rings. The minimum atomic E-state index is -4.45. The monoisotopic (exact) mass is 275 g/mol. The summed E-state index contributed by atoms with van der Waals surface area (Å²) in [6.07, 6.45) is -2.52. The number of hydrogen-bond acceptors (Lipinski definition) is 4. The lowest BCUT2D eigenvalue weighted by Crippen LogP contribution is -2.50. The zero-order chi connectivity index (χ0) is 14.1. The second-order valence-corrected chi connectivity index (χ2v) is 4.81. The Balaban J connectivity index is 2.22. The number of rotatable bonds is 2. The molecule has 1 saturated heterocycles. The molecule has 2 heterocycles. The largest absolute Gasteiger partial charge is 0.433 e. The number of morpholine rings is 1. The molecule has 1 unspecified atom stereocenters. The fraction of sp³-hybridized carbons (Fsp3) is 0.667. The van der Waals surface area contributed by atoms with Crippen LogP contribution in [0.3, 0.4) is 0 Å². The van der Waals surface area contributed by atoms with Crippen LogP contribution in [0.5, 0.6) is 0 Å². The number of anilines is 1. The predicted molar refractivity (Wildman–Crippen MR) is 63.9 cm³/mol. The van der Waals surface area contributed by atoms with Gasteiger partial charge in [0.05, 0.1) is 12.2 Å². The minimum Gasteiger partial charge on any atom is -0.372 e. The van der Waals surface area contributed by atoms with Gasteiger partial charge in [-0.25, -0.2) is 9.97 Å². The third-order valence-electron chi connectivity index (χ3n) is 3.30. The maximum Gasteiger partial charge on any atom is 0.433 e. The Hall–Kier alpha value is -1.37. The number of ether oxygens (including phenoxy) is 1. The van der Waals surface area contributed by atoms with Gasteiger partial charge in [-0.05, 0) is 19.4 Å². The van der Waals surface area contributed by atoms with Crippen LogP contribution in [0.15, 0.2) is 12.3 Å². The lowest BCUT2D eigenvalue weighted by Gasteiger charge is -2.40. The van der Waals surface area contributed by atoms with E-state index in [0.29, 0.717) is 19.7 Å². The van der Waals surface area contributed by atoms with Gasteiger partial charge in [-0.2, -0.15) is 13.2 Å². The second kappa shape index (κ2) is 4.96. The standard InChI is InChI=1S/C12H16F3N3O/c1-3-11(2)8-18(6-7-19-11)10-16-5-4-9(17-10)12(13,14)15/h4-5H,3,6-8H2,1-2H3. The zero-order valence-corrected chi connectivity index (χ0v) is 10.9. The topological polar surface area (TPSA) is 38.2 Å². The molecule has 1 fully saturated rings. The van der Waals surface area contributed by atoms with E-state index in [-0.39, 0.29) is 11.5 Å². The molecule has 0 aromatic carbocycles. The lowest BCUT2D eigenvalue weighted by molar-refractivity contribution is -0.141. The smallest absolute Gasteiger partial charge is 0.372 e. The van der Waals surface area contributed by atoms with Crippen LogP contribution < -0.4 is 4.90 Å². The van der Waals surface area contributed by atoms with Gasteiger partial charge >= 0.3 is 6.18 Å². The molecule has 1 aliphatic heterocycles. The van der Waals surface area contributed by atoms with E-state index in [1.807, 2.05) is 13.8 Å². The van der Waals surface area contributed by atoms with Crippen LogP contribution in [0.25, 0.3) is 0 Å². The van der Waals surface area contributed by atoms with Crippen LogP contribution in [-0.2, 0) is 10.9 Å². The first-order chi connectivity index (χ1) is 8.84. The number of aromatic nitrogens is 2. The molecule has 0 bridgehead atoms. The van der Waals surface area contributed by atoms with Gasteiger partial charge in [0, 0.05) is 19.3 Å². The molecule has 19 heavy (non-hydrogen) atoms. The van der Waals surface area contributed by atoms with Gasteiger partial charge in [0.15, 0.2) is 0 Å². The van der Waals surface area contributed by atoms with Crippen molar-refractivity contribution in [2.45, 2.75) is 32.0 Å². The van der Waals surface area contributed by atoms with Crippen molar-refractivity contribution in [3.63, 3.8) is 0 Å². The number of alkyl halides is 3. The van der Waals surface area contributed by atoms with E-state index in [0.717, 1.165) is 18.7 Å². The highest BCUT2D eigenvalue weighted by Gasteiger charge is 2.35. The van der Waals surface area contributed by atoms with Crippen LogP contribution in [0.2, 0.25) is 0 Å². The summed E-state index contributed by atoms with van der Waals surface area (Å²) in [5, 5.41) is 0. The predicted octanol–water partition coefficient (Wildman–Crippen LogP) is 2.50. The second-order valence-electron chi connectivity index (χ2n) is 4.81. The molecular weight excluding hydrogens is 259 g/mol. The molecule has 1 atom stereocenters. The van der Waals surface area contributed by atoms with Crippen LogP contribution in [0.4, 0.5) is 19.1 Å². The number of hydrogen-bond donors (Lipinski definition) is 0. The summed E-state index contributed by atoms with van der Waals surface area (Å²) in [5.74, 6) is 0.109. The molecule has 0 N–H and O–H groups in total. The van der Waals surface area contributed by atoms with Crippen molar-refractivity contribution < 1.29 is 17.9 Å². The fourth-order valence-electron chi connectivity index (χ4n) is 1.97. The van der Waals surface area contributed by atoms with E-state index in [2.05, 4.69) is 9.97 Å². The Labute approximate surface area is 109 Å². The number of halogens is 3. The lowest BCUT2D eigenvalue weighted by atomic mass is 10.0. The molecule has 106 valence electrons. The van der Waals surface area contributed by atoms with Gasteiger partial charge in [0.1, 0.15) is 5.69 Å². The first kappa shape index (κ1) is 14.0. The van der Waals surface area contributed by atoms with Crippen molar-refractivity contribution in [2.75, 3.05) is 24.6 Å². The van der Waals surface area contributed by atoms with Crippen molar-refractivity contribution >= 4 is 5.95 Å². The average molecular weight is 275 g/mol.